The lowest BCUT2D eigenvalue weighted by molar-refractivity contribution is -0.121. The molecule has 4 aromatic rings. The van der Waals surface area contributed by atoms with E-state index in [0.717, 1.165) is 53.8 Å². The van der Waals surface area contributed by atoms with E-state index in [-0.39, 0.29) is 11.8 Å². The highest BCUT2D eigenvalue weighted by molar-refractivity contribution is 6.33. The largest absolute Gasteiger partial charge is 0.360 e. The summed E-state index contributed by atoms with van der Waals surface area (Å²) in [7, 11) is 2.09. The molecule has 1 aliphatic rings. The van der Waals surface area contributed by atoms with Gasteiger partial charge >= 0.3 is 0 Å². The molecule has 3 heterocycles. The molecule has 1 saturated heterocycles. The van der Waals surface area contributed by atoms with Crippen molar-refractivity contribution in [2.24, 2.45) is 5.92 Å². The van der Waals surface area contributed by atoms with Crippen molar-refractivity contribution in [2.75, 3.05) is 30.8 Å². The average molecular weight is 461 g/mol. The number of aromatic nitrogens is 3. The Labute approximate surface area is 197 Å². The number of fused-ring (bicyclic) bond motifs is 1. The van der Waals surface area contributed by atoms with E-state index in [0.29, 0.717) is 16.7 Å². The van der Waals surface area contributed by atoms with E-state index in [2.05, 4.69) is 37.5 Å². The maximum absolute atomic E-state index is 12.7. The molecular weight excluding hydrogens is 436 g/mol. The second kappa shape index (κ2) is 9.21. The molecule has 168 valence electrons. The highest BCUT2D eigenvalue weighted by Crippen LogP contribution is 2.32. The second-order valence-corrected chi connectivity index (χ2v) is 8.82. The second-order valence-electron chi connectivity index (χ2n) is 8.41. The molecule has 0 atom stereocenters. The molecule has 0 saturated carbocycles. The normalized spacial score (nSPS) is 15.0. The number of carbonyl (C=O) groups excluding carboxylic acids is 1. The molecule has 0 spiro atoms. The van der Waals surface area contributed by atoms with Crippen LogP contribution >= 0.6 is 11.6 Å². The van der Waals surface area contributed by atoms with Crippen LogP contribution in [0, 0.1) is 5.92 Å². The number of hydrogen-bond donors (Lipinski definition) is 3. The quantitative estimate of drug-likeness (QED) is 0.376. The predicted octanol–water partition coefficient (Wildman–Crippen LogP) is 5.30. The first-order chi connectivity index (χ1) is 16.1. The minimum absolute atomic E-state index is 0.0520. The third-order valence-corrected chi connectivity index (χ3v) is 6.34. The van der Waals surface area contributed by atoms with E-state index in [1.807, 2.05) is 54.7 Å². The summed E-state index contributed by atoms with van der Waals surface area (Å²) in [5.74, 6) is 0.555. The molecule has 1 amide bonds. The summed E-state index contributed by atoms with van der Waals surface area (Å²) in [6.45, 7) is 1.90. The molecule has 1 aliphatic heterocycles. The van der Waals surface area contributed by atoms with E-state index in [1.54, 1.807) is 6.20 Å². The van der Waals surface area contributed by atoms with Gasteiger partial charge < -0.3 is 20.5 Å². The number of benzene rings is 2. The summed E-state index contributed by atoms with van der Waals surface area (Å²) in [5, 5.41) is 7.80. The first-order valence-electron chi connectivity index (χ1n) is 11.0. The van der Waals surface area contributed by atoms with Crippen LogP contribution in [0.1, 0.15) is 12.8 Å². The van der Waals surface area contributed by atoms with Crippen molar-refractivity contribution in [1.29, 1.82) is 0 Å². The number of likely N-dealkylation sites (tertiary alicyclic amines) is 1. The lowest BCUT2D eigenvalue weighted by Gasteiger charge is -2.28. The summed E-state index contributed by atoms with van der Waals surface area (Å²) in [6.07, 6.45) is 5.27. The molecule has 8 heteroatoms. The SMILES string of the molecule is CN1CCC(C(=O)Nc2cccc(Nc3ncc(Cl)c(-c4c[nH]c5ccccc45)n3)c2)CC1. The molecule has 1 fully saturated rings. The van der Waals surface area contributed by atoms with E-state index in [9.17, 15) is 4.79 Å². The van der Waals surface area contributed by atoms with Crippen LogP contribution in [-0.4, -0.2) is 45.9 Å². The molecule has 5 rings (SSSR count). The third kappa shape index (κ3) is 4.69. The number of halogens is 1. The Balaban J connectivity index is 1.34. The standard InChI is InChI=1S/C25H25ClN6O/c1-32-11-9-16(10-12-32)24(33)29-17-5-4-6-18(13-17)30-25-28-15-21(26)23(31-25)20-14-27-22-8-3-2-7-19(20)22/h2-8,13-16,27H,9-12H2,1H3,(H,29,33)(H,28,30,31). The van der Waals surface area contributed by atoms with Crippen LogP contribution in [0.15, 0.2) is 60.9 Å². The Bertz CT molecular complexity index is 1300. The monoisotopic (exact) mass is 460 g/mol. The number of nitrogens with zero attached hydrogens (tertiary/aromatic N) is 3. The molecular formula is C25H25ClN6O. The maximum atomic E-state index is 12.7. The number of para-hydroxylation sites is 1. The number of nitrogens with one attached hydrogen (secondary N) is 3. The zero-order valence-corrected chi connectivity index (χ0v) is 19.1. The minimum Gasteiger partial charge on any atom is -0.360 e. The molecule has 33 heavy (non-hydrogen) atoms. The van der Waals surface area contributed by atoms with Crippen LogP contribution in [-0.2, 0) is 4.79 Å². The Kier molecular flexibility index (Phi) is 5.98. The van der Waals surface area contributed by atoms with E-state index in [4.69, 9.17) is 11.6 Å². The topological polar surface area (TPSA) is 85.9 Å². The van der Waals surface area contributed by atoms with Gasteiger partial charge in [0.2, 0.25) is 11.9 Å². The van der Waals surface area contributed by atoms with Crippen molar-refractivity contribution in [3.8, 4) is 11.3 Å². The van der Waals surface area contributed by atoms with Crippen molar-refractivity contribution in [3.05, 3.63) is 65.9 Å². The van der Waals surface area contributed by atoms with Crippen LogP contribution in [0.4, 0.5) is 17.3 Å². The molecule has 0 aliphatic carbocycles. The lowest BCUT2D eigenvalue weighted by Crippen LogP contribution is -2.35. The van der Waals surface area contributed by atoms with Gasteiger partial charge in [0.25, 0.3) is 0 Å². The zero-order valence-electron chi connectivity index (χ0n) is 18.3. The maximum Gasteiger partial charge on any atom is 0.227 e. The number of aromatic amines is 1. The number of anilines is 3. The van der Waals surface area contributed by atoms with Crippen LogP contribution in [0.2, 0.25) is 5.02 Å². The highest BCUT2D eigenvalue weighted by atomic mass is 35.5. The van der Waals surface area contributed by atoms with Gasteiger partial charge in [0.1, 0.15) is 0 Å². The molecule has 7 nitrogen and oxygen atoms in total. The number of rotatable bonds is 5. The van der Waals surface area contributed by atoms with Gasteiger partial charge in [-0.2, -0.15) is 0 Å². The highest BCUT2D eigenvalue weighted by Gasteiger charge is 2.23. The number of amides is 1. The summed E-state index contributed by atoms with van der Waals surface area (Å²) < 4.78 is 0. The fraction of sp³-hybridized carbons (Fsp3) is 0.240. The number of H-pyrrole nitrogens is 1. The Hall–Kier alpha value is -3.42. The van der Waals surface area contributed by atoms with Crippen LogP contribution in [0.25, 0.3) is 22.2 Å². The summed E-state index contributed by atoms with van der Waals surface area (Å²) in [4.78, 5) is 27.2. The zero-order chi connectivity index (χ0) is 22.8. The molecule has 0 radical (unpaired) electrons. The first kappa shape index (κ1) is 21.4. The molecule has 0 bridgehead atoms. The van der Waals surface area contributed by atoms with Crippen molar-refractivity contribution in [1.82, 2.24) is 19.9 Å². The minimum atomic E-state index is 0.0520. The Morgan fingerprint density at radius 3 is 2.76 bits per heavy atom. The van der Waals surface area contributed by atoms with E-state index in [1.165, 1.54) is 0 Å². The molecule has 3 N–H and O–H groups in total. The smallest absolute Gasteiger partial charge is 0.227 e. The van der Waals surface area contributed by atoms with Crippen molar-refractivity contribution < 1.29 is 4.79 Å². The van der Waals surface area contributed by atoms with Gasteiger partial charge in [-0.05, 0) is 57.2 Å². The van der Waals surface area contributed by atoms with Crippen LogP contribution in [0.5, 0.6) is 0 Å². The third-order valence-electron chi connectivity index (χ3n) is 6.06. The fourth-order valence-electron chi connectivity index (χ4n) is 4.20. The number of hydrogen-bond acceptors (Lipinski definition) is 5. The van der Waals surface area contributed by atoms with E-state index >= 15 is 0 Å². The van der Waals surface area contributed by atoms with Crippen molar-refractivity contribution in [2.45, 2.75) is 12.8 Å². The number of carbonyl (C=O) groups is 1. The Morgan fingerprint density at radius 2 is 1.91 bits per heavy atom. The lowest BCUT2D eigenvalue weighted by atomic mass is 9.96. The Morgan fingerprint density at radius 1 is 1.12 bits per heavy atom. The van der Waals surface area contributed by atoms with Gasteiger partial charge in [0.05, 0.1) is 16.9 Å². The van der Waals surface area contributed by atoms with Gasteiger partial charge in [0.15, 0.2) is 0 Å². The van der Waals surface area contributed by atoms with Crippen LogP contribution in [0.3, 0.4) is 0 Å². The van der Waals surface area contributed by atoms with E-state index < -0.39 is 0 Å². The summed E-state index contributed by atoms with van der Waals surface area (Å²) in [5.41, 5.74) is 4.11. The molecule has 2 aromatic heterocycles. The van der Waals surface area contributed by atoms with Crippen molar-refractivity contribution >= 4 is 45.7 Å². The van der Waals surface area contributed by atoms with Gasteiger partial charge in [0, 0.05) is 40.0 Å². The average Bonchev–Trinajstić information content (AvgIpc) is 3.25. The van der Waals surface area contributed by atoms with Gasteiger partial charge in [-0.15, -0.1) is 0 Å². The van der Waals surface area contributed by atoms with Gasteiger partial charge in [-0.25, -0.2) is 9.97 Å². The first-order valence-corrected chi connectivity index (χ1v) is 11.4. The summed E-state index contributed by atoms with van der Waals surface area (Å²) in [6, 6.07) is 15.6. The van der Waals surface area contributed by atoms with Gasteiger partial charge in [-0.1, -0.05) is 35.9 Å². The van der Waals surface area contributed by atoms with Crippen molar-refractivity contribution in [3.63, 3.8) is 0 Å². The summed E-state index contributed by atoms with van der Waals surface area (Å²) >= 11 is 6.44. The fourth-order valence-corrected chi connectivity index (χ4v) is 4.40. The van der Waals surface area contributed by atoms with Gasteiger partial charge in [-0.3, -0.25) is 4.79 Å². The van der Waals surface area contributed by atoms with Crippen LogP contribution < -0.4 is 10.6 Å². The molecule has 0 unspecified atom stereocenters. The molecule has 2 aromatic carbocycles. The predicted molar refractivity (Wildman–Crippen MR) is 133 cm³/mol. The number of piperidine rings is 1.